The second-order valence-electron chi connectivity index (χ2n) is 9.40. The average Bonchev–Trinajstić information content (AvgIpc) is 3.04. The lowest BCUT2D eigenvalue weighted by atomic mass is 9.97. The minimum atomic E-state index is 0.107. The van der Waals surface area contributed by atoms with Gasteiger partial charge in [0.1, 0.15) is 0 Å². The lowest BCUT2D eigenvalue weighted by Crippen LogP contribution is -2.59. The normalized spacial score (nSPS) is 29.9. The molecule has 0 radical (unpaired) electrons. The zero-order valence-electron chi connectivity index (χ0n) is 18.2. The fourth-order valence-corrected chi connectivity index (χ4v) is 5.63. The number of likely N-dealkylation sites (tertiary alicyclic amines) is 1. The molecular formula is C23H41N3O3. The number of piperidine rings is 1. The summed E-state index contributed by atoms with van der Waals surface area (Å²) in [4.78, 5) is 20.4. The molecule has 3 saturated heterocycles. The van der Waals surface area contributed by atoms with Gasteiger partial charge >= 0.3 is 0 Å². The van der Waals surface area contributed by atoms with Crippen molar-refractivity contribution in [1.82, 2.24) is 14.7 Å². The summed E-state index contributed by atoms with van der Waals surface area (Å²) in [5, 5.41) is 0. The van der Waals surface area contributed by atoms with Crippen molar-refractivity contribution in [2.45, 2.75) is 82.4 Å². The van der Waals surface area contributed by atoms with Crippen LogP contribution in [0, 0.1) is 0 Å². The predicted molar refractivity (Wildman–Crippen MR) is 114 cm³/mol. The van der Waals surface area contributed by atoms with E-state index in [1.165, 1.54) is 38.5 Å². The van der Waals surface area contributed by atoms with E-state index in [0.29, 0.717) is 18.1 Å². The van der Waals surface area contributed by atoms with Gasteiger partial charge in [0.05, 0.1) is 18.8 Å². The third-order valence-corrected chi connectivity index (χ3v) is 7.49. The van der Waals surface area contributed by atoms with Crippen molar-refractivity contribution in [3.05, 3.63) is 0 Å². The smallest absolute Gasteiger partial charge is 0.240 e. The molecule has 0 N–H and O–H groups in total. The van der Waals surface area contributed by atoms with Crippen molar-refractivity contribution in [1.29, 1.82) is 0 Å². The van der Waals surface area contributed by atoms with E-state index in [9.17, 15) is 4.79 Å². The van der Waals surface area contributed by atoms with Gasteiger partial charge in [-0.15, -0.1) is 0 Å². The Kier molecular flexibility index (Phi) is 8.23. The molecule has 4 fully saturated rings. The number of ether oxygens (including phenoxy) is 2. The van der Waals surface area contributed by atoms with Gasteiger partial charge in [0, 0.05) is 58.5 Å². The Morgan fingerprint density at radius 1 is 0.828 bits per heavy atom. The highest BCUT2D eigenvalue weighted by Crippen LogP contribution is 2.25. The molecule has 29 heavy (non-hydrogen) atoms. The molecule has 6 heteroatoms. The Morgan fingerprint density at radius 2 is 1.55 bits per heavy atom. The number of nitrogens with zero attached hydrogens (tertiary/aromatic N) is 3. The van der Waals surface area contributed by atoms with Crippen LogP contribution in [0.25, 0.3) is 0 Å². The van der Waals surface area contributed by atoms with Gasteiger partial charge in [0.15, 0.2) is 0 Å². The summed E-state index contributed by atoms with van der Waals surface area (Å²) in [6.45, 7) is 8.62. The molecule has 1 atom stereocenters. The van der Waals surface area contributed by atoms with Crippen LogP contribution in [0.15, 0.2) is 0 Å². The summed E-state index contributed by atoms with van der Waals surface area (Å²) in [5.41, 5.74) is 0. The molecule has 166 valence electrons. The van der Waals surface area contributed by atoms with Crippen molar-refractivity contribution in [2.75, 3.05) is 59.1 Å². The molecule has 0 bridgehead atoms. The van der Waals surface area contributed by atoms with E-state index >= 15 is 0 Å². The molecule has 0 aromatic heterocycles. The van der Waals surface area contributed by atoms with Gasteiger partial charge in [-0.2, -0.15) is 0 Å². The molecule has 3 heterocycles. The third-order valence-electron chi connectivity index (χ3n) is 7.49. The number of piperazine rings is 1. The van der Waals surface area contributed by atoms with Gasteiger partial charge < -0.3 is 14.4 Å². The van der Waals surface area contributed by atoms with Crippen LogP contribution in [-0.4, -0.2) is 97.9 Å². The van der Waals surface area contributed by atoms with Crippen LogP contribution in [-0.2, 0) is 14.3 Å². The van der Waals surface area contributed by atoms with Gasteiger partial charge in [-0.05, 0) is 38.5 Å². The molecule has 6 nitrogen and oxygen atoms in total. The van der Waals surface area contributed by atoms with Crippen molar-refractivity contribution in [3.63, 3.8) is 0 Å². The van der Waals surface area contributed by atoms with Crippen molar-refractivity contribution in [3.8, 4) is 0 Å². The highest BCUT2D eigenvalue weighted by molar-refractivity contribution is 5.83. The first-order valence-electron chi connectivity index (χ1n) is 12.3. The first-order chi connectivity index (χ1) is 14.3. The Hall–Kier alpha value is -0.690. The van der Waals surface area contributed by atoms with Crippen LogP contribution < -0.4 is 0 Å². The molecular weight excluding hydrogens is 366 g/mol. The highest BCUT2D eigenvalue weighted by Gasteiger charge is 2.37. The van der Waals surface area contributed by atoms with Crippen LogP contribution in [0.3, 0.4) is 0 Å². The lowest BCUT2D eigenvalue weighted by Gasteiger charge is -2.45. The fourth-order valence-electron chi connectivity index (χ4n) is 5.63. The van der Waals surface area contributed by atoms with Crippen LogP contribution in [0.1, 0.15) is 64.2 Å². The quantitative estimate of drug-likeness (QED) is 0.633. The number of rotatable bonds is 6. The Balaban J connectivity index is 1.18. The summed E-state index contributed by atoms with van der Waals surface area (Å²) >= 11 is 0. The monoisotopic (exact) mass is 407 g/mol. The molecule has 0 spiro atoms. The highest BCUT2D eigenvalue weighted by atomic mass is 16.5. The predicted octanol–water partition coefficient (Wildman–Crippen LogP) is 2.51. The molecule has 0 aromatic carbocycles. The van der Waals surface area contributed by atoms with Gasteiger partial charge in [-0.1, -0.05) is 25.7 Å². The van der Waals surface area contributed by atoms with E-state index in [-0.39, 0.29) is 6.04 Å². The molecule has 0 aromatic rings. The van der Waals surface area contributed by atoms with Gasteiger partial charge in [0.25, 0.3) is 0 Å². The Labute approximate surface area is 176 Å². The summed E-state index contributed by atoms with van der Waals surface area (Å²) < 4.78 is 11.7. The molecule has 1 aliphatic carbocycles. The second kappa shape index (κ2) is 11.1. The van der Waals surface area contributed by atoms with E-state index < -0.39 is 0 Å². The first-order valence-corrected chi connectivity index (χ1v) is 12.3. The standard InChI is InChI=1S/C23H41N3O3/c27-23-22(8-5-11-26(23)20-9-17-28-18-10-20)25-14-12-24(13-15-25)16-19-29-21-6-3-1-2-4-7-21/h20-22H,1-19H2/t22-/m1/s1. The van der Waals surface area contributed by atoms with Crippen molar-refractivity contribution < 1.29 is 14.3 Å². The first kappa shape index (κ1) is 21.5. The molecule has 0 unspecified atom stereocenters. The fraction of sp³-hybridized carbons (Fsp3) is 0.957. The van der Waals surface area contributed by atoms with Crippen molar-refractivity contribution >= 4 is 5.91 Å². The SMILES string of the molecule is O=C1[C@H](N2CCN(CCOC3CCCCCC3)CC2)CCCN1C1CCOCC1. The molecule has 4 rings (SSSR count). The van der Waals surface area contributed by atoms with E-state index in [1.807, 2.05) is 0 Å². The van der Waals surface area contributed by atoms with E-state index in [4.69, 9.17) is 9.47 Å². The minimum absolute atomic E-state index is 0.107. The number of hydrogen-bond donors (Lipinski definition) is 0. The van der Waals surface area contributed by atoms with E-state index in [2.05, 4.69) is 14.7 Å². The van der Waals surface area contributed by atoms with Gasteiger partial charge in [-0.3, -0.25) is 14.6 Å². The zero-order valence-corrected chi connectivity index (χ0v) is 18.2. The molecule has 1 amide bonds. The third kappa shape index (κ3) is 5.93. The molecule has 3 aliphatic heterocycles. The van der Waals surface area contributed by atoms with E-state index in [0.717, 1.165) is 84.8 Å². The summed E-state index contributed by atoms with van der Waals surface area (Å²) in [5.74, 6) is 0.383. The summed E-state index contributed by atoms with van der Waals surface area (Å²) in [7, 11) is 0. The molecule has 4 aliphatic rings. The second-order valence-corrected chi connectivity index (χ2v) is 9.40. The van der Waals surface area contributed by atoms with Crippen LogP contribution in [0.2, 0.25) is 0 Å². The summed E-state index contributed by atoms with van der Waals surface area (Å²) in [6.07, 6.45) is 12.6. The number of amides is 1. The number of hydrogen-bond acceptors (Lipinski definition) is 5. The average molecular weight is 408 g/mol. The van der Waals surface area contributed by atoms with Crippen LogP contribution >= 0.6 is 0 Å². The maximum absolute atomic E-state index is 13.2. The lowest BCUT2D eigenvalue weighted by molar-refractivity contribution is -0.145. The number of carbonyl (C=O) groups is 1. The minimum Gasteiger partial charge on any atom is -0.381 e. The largest absolute Gasteiger partial charge is 0.381 e. The van der Waals surface area contributed by atoms with Crippen molar-refractivity contribution in [2.24, 2.45) is 0 Å². The van der Waals surface area contributed by atoms with Gasteiger partial charge in [0.2, 0.25) is 5.91 Å². The maximum Gasteiger partial charge on any atom is 0.240 e. The summed E-state index contributed by atoms with van der Waals surface area (Å²) in [6, 6.07) is 0.512. The number of carbonyl (C=O) groups excluding carboxylic acids is 1. The Morgan fingerprint density at radius 3 is 2.28 bits per heavy atom. The Bertz CT molecular complexity index is 496. The molecule has 1 saturated carbocycles. The van der Waals surface area contributed by atoms with Crippen LogP contribution in [0.5, 0.6) is 0 Å². The van der Waals surface area contributed by atoms with Gasteiger partial charge in [-0.25, -0.2) is 0 Å². The van der Waals surface area contributed by atoms with E-state index in [1.54, 1.807) is 0 Å². The van der Waals surface area contributed by atoms with Crippen LogP contribution in [0.4, 0.5) is 0 Å². The zero-order chi connectivity index (χ0) is 19.9. The topological polar surface area (TPSA) is 45.2 Å². The maximum atomic E-state index is 13.2.